The van der Waals surface area contributed by atoms with Gasteiger partial charge in [0.1, 0.15) is 6.10 Å². The Morgan fingerprint density at radius 3 is 2.75 bits per heavy atom. The van der Waals surface area contributed by atoms with Crippen LogP contribution in [0.4, 0.5) is 0 Å². The number of halogens is 1. The van der Waals surface area contributed by atoms with Crippen LogP contribution in [0.2, 0.25) is 0 Å². The van der Waals surface area contributed by atoms with Crippen molar-refractivity contribution in [2.24, 2.45) is 0 Å². The highest BCUT2D eigenvalue weighted by Gasteiger charge is 2.47. The van der Waals surface area contributed by atoms with Gasteiger partial charge < -0.3 is 14.6 Å². The van der Waals surface area contributed by atoms with E-state index < -0.39 is 22.6 Å². The lowest BCUT2D eigenvalue weighted by Crippen LogP contribution is -2.37. The number of hydrogen-bond acceptors (Lipinski definition) is 5. The Bertz CT molecular complexity index is 1020. The summed E-state index contributed by atoms with van der Waals surface area (Å²) in [6.07, 6.45) is 1.21. The number of fused-ring (bicyclic) bond motifs is 3. The van der Waals surface area contributed by atoms with Crippen molar-refractivity contribution in [3.8, 4) is 11.5 Å². The molecule has 1 aliphatic carbocycles. The molecular weight excluding hydrogens is 497 g/mol. The number of ether oxygens (including phenoxy) is 2. The minimum Gasteiger partial charge on any atom is -0.486 e. The van der Waals surface area contributed by atoms with Crippen molar-refractivity contribution < 1.29 is 27.8 Å². The van der Waals surface area contributed by atoms with Gasteiger partial charge in [-0.1, -0.05) is 24.3 Å². The molecule has 1 heterocycles. The average molecular weight is 515 g/mol. The number of carboxylic acids is 1. The van der Waals surface area contributed by atoms with E-state index >= 15 is 0 Å². The zero-order valence-electron chi connectivity index (χ0n) is 14.7. The van der Waals surface area contributed by atoms with E-state index in [2.05, 4.69) is 4.72 Å². The van der Waals surface area contributed by atoms with Crippen molar-refractivity contribution >= 4 is 38.6 Å². The summed E-state index contributed by atoms with van der Waals surface area (Å²) in [4.78, 5) is 11.1. The van der Waals surface area contributed by atoms with E-state index in [0.717, 1.165) is 5.56 Å². The van der Waals surface area contributed by atoms with Gasteiger partial charge in [-0.3, -0.25) is 0 Å². The Hall–Kier alpha value is -1.85. The lowest BCUT2D eigenvalue weighted by molar-refractivity contribution is -0.139. The summed E-state index contributed by atoms with van der Waals surface area (Å²) in [6.45, 7) is -0.461. The van der Waals surface area contributed by atoms with Crippen molar-refractivity contribution in [3.63, 3.8) is 0 Å². The zero-order valence-corrected chi connectivity index (χ0v) is 17.6. The van der Waals surface area contributed by atoms with Crippen molar-refractivity contribution in [2.75, 3.05) is 6.61 Å². The SMILES string of the molecule is O=C(O)COc1cccc2c1OC1CCC(NS(=O)(=O)c3ccccc3I)C21. The van der Waals surface area contributed by atoms with E-state index in [0.29, 0.717) is 27.9 Å². The standard InChI is InChI=1S/C19H18INO6S/c20-12-5-1-2-7-16(12)28(24,25)21-13-8-9-14-18(13)11-4-3-6-15(19(11)27-14)26-10-17(22)23/h1-7,13-14,18,21H,8-10H2,(H,22,23). The van der Waals surface area contributed by atoms with Crippen LogP contribution in [0.15, 0.2) is 47.4 Å². The number of hydrogen-bond donors (Lipinski definition) is 2. The minimum atomic E-state index is -3.67. The molecule has 148 valence electrons. The summed E-state index contributed by atoms with van der Waals surface area (Å²) in [5.41, 5.74) is 0.848. The van der Waals surface area contributed by atoms with Crippen LogP contribution < -0.4 is 14.2 Å². The molecule has 7 nitrogen and oxygen atoms in total. The van der Waals surface area contributed by atoms with Gasteiger partial charge in [0, 0.05) is 21.1 Å². The van der Waals surface area contributed by atoms with Gasteiger partial charge in [0.2, 0.25) is 10.0 Å². The van der Waals surface area contributed by atoms with Crippen LogP contribution >= 0.6 is 22.6 Å². The highest BCUT2D eigenvalue weighted by atomic mass is 127. The maximum atomic E-state index is 12.9. The largest absolute Gasteiger partial charge is 0.486 e. The number of aliphatic carboxylic acids is 1. The molecule has 0 bridgehead atoms. The quantitative estimate of drug-likeness (QED) is 0.574. The normalized spacial score (nSPS) is 23.0. The molecule has 0 aromatic heterocycles. The number of carboxylic acid groups (broad SMARTS) is 1. The lowest BCUT2D eigenvalue weighted by Gasteiger charge is -2.20. The van der Waals surface area contributed by atoms with Gasteiger partial charge in [-0.05, 0) is 53.6 Å². The number of para-hydroxylation sites is 1. The topological polar surface area (TPSA) is 102 Å². The Morgan fingerprint density at radius 1 is 1.21 bits per heavy atom. The fraction of sp³-hybridized carbons (Fsp3) is 0.316. The average Bonchev–Trinajstić information content (AvgIpc) is 3.20. The second-order valence-electron chi connectivity index (χ2n) is 6.77. The van der Waals surface area contributed by atoms with Gasteiger partial charge in [-0.2, -0.15) is 0 Å². The third-order valence-corrected chi connectivity index (χ3v) is 7.87. The molecular formula is C19H18INO6S. The summed E-state index contributed by atoms with van der Waals surface area (Å²) in [7, 11) is -3.67. The highest BCUT2D eigenvalue weighted by molar-refractivity contribution is 14.1. The van der Waals surface area contributed by atoms with Crippen molar-refractivity contribution in [1.29, 1.82) is 0 Å². The van der Waals surface area contributed by atoms with Crippen molar-refractivity contribution in [3.05, 3.63) is 51.6 Å². The predicted molar refractivity (Wildman–Crippen MR) is 109 cm³/mol. The van der Waals surface area contributed by atoms with E-state index in [4.69, 9.17) is 14.6 Å². The first kappa shape index (κ1) is 19.5. The van der Waals surface area contributed by atoms with Crippen LogP contribution in [-0.4, -0.2) is 38.2 Å². The second-order valence-corrected chi connectivity index (χ2v) is 9.62. The Labute approximate surface area is 176 Å². The molecule has 3 unspecified atom stereocenters. The molecule has 1 saturated carbocycles. The molecule has 2 aliphatic rings. The van der Waals surface area contributed by atoms with Crippen molar-refractivity contribution in [2.45, 2.75) is 35.8 Å². The first-order chi connectivity index (χ1) is 13.4. The smallest absolute Gasteiger partial charge is 0.341 e. The summed E-state index contributed by atoms with van der Waals surface area (Å²) < 4.78 is 40.7. The minimum absolute atomic E-state index is 0.139. The maximum Gasteiger partial charge on any atom is 0.341 e. The van der Waals surface area contributed by atoms with Gasteiger partial charge in [-0.25, -0.2) is 17.9 Å². The van der Waals surface area contributed by atoms with E-state index in [9.17, 15) is 13.2 Å². The monoisotopic (exact) mass is 515 g/mol. The molecule has 3 atom stereocenters. The first-order valence-electron chi connectivity index (χ1n) is 8.78. The fourth-order valence-electron chi connectivity index (χ4n) is 3.89. The van der Waals surface area contributed by atoms with Crippen LogP contribution in [0.5, 0.6) is 11.5 Å². The van der Waals surface area contributed by atoms with Crippen molar-refractivity contribution in [1.82, 2.24) is 4.72 Å². The predicted octanol–water partition coefficient (Wildman–Crippen LogP) is 2.74. The van der Waals surface area contributed by atoms with E-state index in [1.165, 1.54) is 0 Å². The summed E-state index contributed by atoms with van der Waals surface area (Å²) in [6, 6.07) is 11.9. The van der Waals surface area contributed by atoms with Gasteiger partial charge in [0.05, 0.1) is 4.90 Å². The summed E-state index contributed by atoms with van der Waals surface area (Å²) in [5.74, 6) is -0.330. The number of carbonyl (C=O) groups is 1. The molecule has 0 spiro atoms. The van der Waals surface area contributed by atoms with Crippen LogP contribution in [0.1, 0.15) is 24.3 Å². The molecule has 0 amide bonds. The fourth-order valence-corrected chi connectivity index (χ4v) is 6.52. The molecule has 1 aliphatic heterocycles. The second kappa shape index (κ2) is 7.53. The van der Waals surface area contributed by atoms with Gasteiger partial charge in [0.15, 0.2) is 18.1 Å². The molecule has 2 N–H and O–H groups in total. The third-order valence-electron chi connectivity index (χ3n) is 5.02. The Kier molecular flexibility index (Phi) is 5.23. The molecule has 28 heavy (non-hydrogen) atoms. The zero-order chi connectivity index (χ0) is 19.9. The van der Waals surface area contributed by atoms with Crippen LogP contribution in [0, 0.1) is 3.57 Å². The summed E-state index contributed by atoms with van der Waals surface area (Å²) in [5, 5.41) is 8.84. The van der Waals surface area contributed by atoms with E-state index in [-0.39, 0.29) is 23.0 Å². The highest BCUT2D eigenvalue weighted by Crippen LogP contribution is 2.51. The molecule has 2 aromatic rings. The van der Waals surface area contributed by atoms with Crippen LogP contribution in [0.25, 0.3) is 0 Å². The third kappa shape index (κ3) is 3.58. The molecule has 4 rings (SSSR count). The molecule has 2 aromatic carbocycles. The van der Waals surface area contributed by atoms with Gasteiger partial charge >= 0.3 is 5.97 Å². The number of sulfonamides is 1. The molecule has 0 radical (unpaired) electrons. The number of benzene rings is 2. The molecule has 1 fully saturated rings. The van der Waals surface area contributed by atoms with Crippen LogP contribution in [0.3, 0.4) is 0 Å². The Balaban J connectivity index is 1.60. The summed E-state index contributed by atoms with van der Waals surface area (Å²) >= 11 is 2.01. The molecule has 0 saturated heterocycles. The number of nitrogens with one attached hydrogen (secondary N) is 1. The van der Waals surface area contributed by atoms with Gasteiger partial charge in [-0.15, -0.1) is 0 Å². The first-order valence-corrected chi connectivity index (χ1v) is 11.3. The van der Waals surface area contributed by atoms with Crippen LogP contribution in [-0.2, 0) is 14.8 Å². The maximum absolute atomic E-state index is 12.9. The van der Waals surface area contributed by atoms with E-state index in [1.54, 1.807) is 36.4 Å². The van der Waals surface area contributed by atoms with Gasteiger partial charge in [0.25, 0.3) is 0 Å². The number of rotatable bonds is 6. The molecule has 9 heteroatoms. The Morgan fingerprint density at radius 2 is 2.00 bits per heavy atom. The lowest BCUT2D eigenvalue weighted by atomic mass is 9.94. The van der Waals surface area contributed by atoms with E-state index in [1.807, 2.05) is 28.7 Å².